The zero-order chi connectivity index (χ0) is 19.5. The van der Waals surface area contributed by atoms with E-state index in [-0.39, 0.29) is 12.1 Å². The number of primary amides is 1. The number of hydrogen-bond acceptors (Lipinski definition) is 4. The van der Waals surface area contributed by atoms with Gasteiger partial charge in [-0.1, -0.05) is 12.1 Å². The van der Waals surface area contributed by atoms with E-state index < -0.39 is 38.3 Å². The highest BCUT2D eigenvalue weighted by atomic mass is 32.2. The number of halogens is 1. The van der Waals surface area contributed by atoms with Gasteiger partial charge in [0.15, 0.2) is 5.82 Å². The largest absolute Gasteiger partial charge is 0.478 e. The summed E-state index contributed by atoms with van der Waals surface area (Å²) in [5.41, 5.74) is 5.42. The lowest BCUT2D eigenvalue weighted by atomic mass is 10.1. The minimum absolute atomic E-state index is 0.202. The van der Waals surface area contributed by atoms with E-state index in [1.807, 2.05) is 0 Å². The van der Waals surface area contributed by atoms with Gasteiger partial charge in [-0.3, -0.25) is 0 Å². The van der Waals surface area contributed by atoms with Crippen LogP contribution >= 0.6 is 0 Å². The molecule has 0 unspecified atom stereocenters. The topological polar surface area (TPSA) is 139 Å². The van der Waals surface area contributed by atoms with Gasteiger partial charge in [0.25, 0.3) is 0 Å². The highest BCUT2D eigenvalue weighted by Gasteiger charge is 2.24. The number of aryl methyl sites for hydroxylation is 1. The first-order chi connectivity index (χ1) is 12.1. The fourth-order valence-electron chi connectivity index (χ4n) is 2.24. The smallest absolute Gasteiger partial charge is 0.338 e. The molecule has 2 rings (SSSR count). The standard InChI is InChI=1S/C16H16FN3O5S/c1-9-5-12(15(21)22)14(17)13(6-9)26(24,25)19-8-10-3-2-4-11(7-10)20-16(18)23/h2-7,19H,8H2,1H3,(H,21,22)(H3,18,20,23). The number of aromatic carboxylic acids is 1. The van der Waals surface area contributed by atoms with Crippen LogP contribution in [0, 0.1) is 12.7 Å². The van der Waals surface area contributed by atoms with Crippen molar-refractivity contribution in [1.82, 2.24) is 4.72 Å². The van der Waals surface area contributed by atoms with Gasteiger partial charge < -0.3 is 16.2 Å². The second-order valence-electron chi connectivity index (χ2n) is 5.44. The molecule has 5 N–H and O–H groups in total. The maximum atomic E-state index is 14.3. The lowest BCUT2D eigenvalue weighted by molar-refractivity contribution is 0.0691. The third kappa shape index (κ3) is 4.55. The molecule has 8 nitrogen and oxygen atoms in total. The van der Waals surface area contributed by atoms with Crippen LogP contribution in [0.5, 0.6) is 0 Å². The van der Waals surface area contributed by atoms with E-state index in [1.165, 1.54) is 13.0 Å². The van der Waals surface area contributed by atoms with Crippen molar-refractivity contribution in [3.05, 3.63) is 58.9 Å². The van der Waals surface area contributed by atoms with Crippen molar-refractivity contribution in [2.24, 2.45) is 5.73 Å². The lowest BCUT2D eigenvalue weighted by Crippen LogP contribution is -2.25. The van der Waals surface area contributed by atoms with Crippen molar-refractivity contribution >= 4 is 27.7 Å². The molecular formula is C16H16FN3O5S. The van der Waals surface area contributed by atoms with Crippen LogP contribution in [0.1, 0.15) is 21.5 Å². The first-order valence-electron chi connectivity index (χ1n) is 7.28. The normalized spacial score (nSPS) is 11.2. The van der Waals surface area contributed by atoms with Gasteiger partial charge in [0.2, 0.25) is 10.0 Å². The molecule has 138 valence electrons. The van der Waals surface area contributed by atoms with E-state index in [4.69, 9.17) is 10.8 Å². The molecule has 0 aliphatic rings. The number of nitrogens with one attached hydrogen (secondary N) is 2. The van der Waals surface area contributed by atoms with Crippen molar-refractivity contribution in [3.63, 3.8) is 0 Å². The number of carbonyl (C=O) groups is 2. The molecule has 0 saturated heterocycles. The summed E-state index contributed by atoms with van der Waals surface area (Å²) in [5.74, 6) is -2.90. The van der Waals surface area contributed by atoms with Gasteiger partial charge >= 0.3 is 12.0 Å². The molecule has 2 amide bonds. The molecule has 0 aromatic heterocycles. The average Bonchev–Trinajstić information content (AvgIpc) is 2.54. The van der Waals surface area contributed by atoms with Crippen LogP contribution in [0.15, 0.2) is 41.3 Å². The average molecular weight is 381 g/mol. The Morgan fingerprint density at radius 1 is 1.23 bits per heavy atom. The Kier molecular flexibility index (Phi) is 5.58. The molecule has 0 fully saturated rings. The number of hydrogen-bond donors (Lipinski definition) is 4. The van der Waals surface area contributed by atoms with Crippen LogP contribution in [0.25, 0.3) is 0 Å². The van der Waals surface area contributed by atoms with Crippen LogP contribution in [-0.2, 0) is 16.6 Å². The summed E-state index contributed by atoms with van der Waals surface area (Å²) in [7, 11) is -4.30. The number of carboxylic acid groups (broad SMARTS) is 1. The van der Waals surface area contributed by atoms with Gasteiger partial charge in [0, 0.05) is 12.2 Å². The van der Waals surface area contributed by atoms with Crippen molar-refractivity contribution in [2.75, 3.05) is 5.32 Å². The molecule has 0 atom stereocenters. The summed E-state index contributed by atoms with van der Waals surface area (Å²) in [4.78, 5) is 21.2. The molecule has 0 aliphatic carbocycles. The molecule has 2 aromatic carbocycles. The highest BCUT2D eigenvalue weighted by Crippen LogP contribution is 2.21. The summed E-state index contributed by atoms with van der Waals surface area (Å²) >= 11 is 0. The summed E-state index contributed by atoms with van der Waals surface area (Å²) in [6.07, 6.45) is 0. The molecule has 0 heterocycles. The van der Waals surface area contributed by atoms with Crippen molar-refractivity contribution < 1.29 is 27.5 Å². The van der Waals surface area contributed by atoms with Crippen LogP contribution in [0.4, 0.5) is 14.9 Å². The molecule has 0 aliphatic heterocycles. The van der Waals surface area contributed by atoms with E-state index in [9.17, 15) is 22.4 Å². The van der Waals surface area contributed by atoms with E-state index >= 15 is 0 Å². The molecule has 0 radical (unpaired) electrons. The van der Waals surface area contributed by atoms with Crippen LogP contribution in [0.3, 0.4) is 0 Å². The van der Waals surface area contributed by atoms with E-state index in [1.54, 1.807) is 18.2 Å². The monoisotopic (exact) mass is 381 g/mol. The SMILES string of the molecule is Cc1cc(C(=O)O)c(F)c(S(=O)(=O)NCc2cccc(NC(N)=O)c2)c1. The van der Waals surface area contributed by atoms with Crippen LogP contribution in [0.2, 0.25) is 0 Å². The predicted octanol–water partition coefficient (Wildman–Crippen LogP) is 1.80. The second-order valence-corrected chi connectivity index (χ2v) is 7.18. The Hall–Kier alpha value is -2.98. The Morgan fingerprint density at radius 2 is 1.92 bits per heavy atom. The number of sulfonamides is 1. The van der Waals surface area contributed by atoms with Crippen molar-refractivity contribution in [2.45, 2.75) is 18.4 Å². The zero-order valence-corrected chi connectivity index (χ0v) is 14.4. The van der Waals surface area contributed by atoms with Gasteiger partial charge in [0.1, 0.15) is 4.90 Å². The molecule has 0 saturated carbocycles. The van der Waals surface area contributed by atoms with Gasteiger partial charge in [-0.15, -0.1) is 0 Å². The molecular weight excluding hydrogens is 365 g/mol. The Bertz CT molecular complexity index is 976. The number of carboxylic acids is 1. The zero-order valence-electron chi connectivity index (χ0n) is 13.6. The summed E-state index contributed by atoms with van der Waals surface area (Å²) in [5, 5.41) is 11.3. The Morgan fingerprint density at radius 3 is 2.54 bits per heavy atom. The quantitative estimate of drug-likeness (QED) is 0.604. The minimum Gasteiger partial charge on any atom is -0.478 e. The fraction of sp³-hybridized carbons (Fsp3) is 0.125. The lowest BCUT2D eigenvalue weighted by Gasteiger charge is -2.11. The number of amides is 2. The van der Waals surface area contributed by atoms with E-state index in [0.717, 1.165) is 12.1 Å². The van der Waals surface area contributed by atoms with Crippen molar-refractivity contribution in [3.8, 4) is 0 Å². The van der Waals surface area contributed by atoms with Gasteiger partial charge in [0.05, 0.1) is 5.56 Å². The Labute approximate surface area is 148 Å². The Balaban J connectivity index is 2.28. The van der Waals surface area contributed by atoms with Gasteiger partial charge in [-0.2, -0.15) is 0 Å². The third-order valence-electron chi connectivity index (χ3n) is 3.36. The highest BCUT2D eigenvalue weighted by molar-refractivity contribution is 7.89. The minimum atomic E-state index is -4.30. The summed E-state index contributed by atoms with van der Waals surface area (Å²) in [6.45, 7) is 1.26. The maximum Gasteiger partial charge on any atom is 0.338 e. The number of benzene rings is 2. The number of carbonyl (C=O) groups excluding carboxylic acids is 1. The molecule has 10 heteroatoms. The molecule has 0 spiro atoms. The van der Waals surface area contributed by atoms with Crippen LogP contribution in [-0.4, -0.2) is 25.5 Å². The van der Waals surface area contributed by atoms with Crippen molar-refractivity contribution in [1.29, 1.82) is 0 Å². The number of rotatable bonds is 6. The molecule has 0 bridgehead atoms. The predicted molar refractivity (Wildman–Crippen MR) is 91.8 cm³/mol. The molecule has 26 heavy (non-hydrogen) atoms. The number of urea groups is 1. The number of anilines is 1. The number of nitrogens with two attached hydrogens (primary N) is 1. The van der Waals surface area contributed by atoms with Gasteiger partial charge in [-0.25, -0.2) is 27.1 Å². The van der Waals surface area contributed by atoms with Gasteiger partial charge in [-0.05, 0) is 42.3 Å². The first-order valence-corrected chi connectivity index (χ1v) is 8.77. The maximum absolute atomic E-state index is 14.3. The molecule has 2 aromatic rings. The van der Waals surface area contributed by atoms with E-state index in [2.05, 4.69) is 10.0 Å². The first kappa shape index (κ1) is 19.3. The fourth-order valence-corrected chi connectivity index (χ4v) is 3.44. The third-order valence-corrected chi connectivity index (χ3v) is 4.76. The van der Waals surface area contributed by atoms with E-state index in [0.29, 0.717) is 11.3 Å². The van der Waals surface area contributed by atoms with Crippen LogP contribution < -0.4 is 15.8 Å². The second kappa shape index (κ2) is 7.50. The summed E-state index contributed by atoms with van der Waals surface area (Å²) < 4.78 is 41.2. The summed E-state index contributed by atoms with van der Waals surface area (Å²) in [6, 6.07) is 7.54.